The van der Waals surface area contributed by atoms with Crippen LogP contribution in [0, 0.1) is 0 Å². The van der Waals surface area contributed by atoms with Gasteiger partial charge in [-0.2, -0.15) is 0 Å². The van der Waals surface area contributed by atoms with Crippen LogP contribution in [0.5, 0.6) is 0 Å². The number of aliphatic imine (C=N–C) groups is 1. The Morgan fingerprint density at radius 3 is 2.48 bits per heavy atom. The summed E-state index contributed by atoms with van der Waals surface area (Å²) in [5, 5.41) is 5.76. The van der Waals surface area contributed by atoms with E-state index in [0.29, 0.717) is 19.0 Å². The SMILES string of the molecule is CN=C(NCC(=O)NC(C)C)N1CCS(=O)(=O)C(C)(C)C1. The zero-order valence-electron chi connectivity index (χ0n) is 13.4. The van der Waals surface area contributed by atoms with Crippen LogP contribution in [-0.4, -0.2) is 68.4 Å². The van der Waals surface area contributed by atoms with E-state index in [0.717, 1.165) is 0 Å². The van der Waals surface area contributed by atoms with Gasteiger partial charge in [0.15, 0.2) is 15.8 Å². The molecule has 21 heavy (non-hydrogen) atoms. The van der Waals surface area contributed by atoms with Crippen LogP contribution in [0.3, 0.4) is 0 Å². The maximum absolute atomic E-state index is 12.0. The molecule has 0 unspecified atom stereocenters. The van der Waals surface area contributed by atoms with Gasteiger partial charge in [-0.3, -0.25) is 9.79 Å². The molecule has 2 N–H and O–H groups in total. The van der Waals surface area contributed by atoms with E-state index in [-0.39, 0.29) is 24.2 Å². The third-order valence-electron chi connectivity index (χ3n) is 3.41. The molecule has 1 heterocycles. The fourth-order valence-electron chi connectivity index (χ4n) is 2.19. The molecule has 0 aromatic heterocycles. The molecule has 1 fully saturated rings. The highest BCUT2D eigenvalue weighted by atomic mass is 32.2. The van der Waals surface area contributed by atoms with E-state index < -0.39 is 14.6 Å². The number of guanidine groups is 1. The first-order valence-corrected chi connectivity index (χ1v) is 8.71. The number of sulfone groups is 1. The summed E-state index contributed by atoms with van der Waals surface area (Å²) in [6.07, 6.45) is 0. The molecular formula is C13H26N4O3S. The summed E-state index contributed by atoms with van der Waals surface area (Å²) in [4.78, 5) is 17.7. The molecule has 1 amide bonds. The van der Waals surface area contributed by atoms with Gasteiger partial charge < -0.3 is 15.5 Å². The van der Waals surface area contributed by atoms with Gasteiger partial charge in [0.2, 0.25) is 5.91 Å². The Bertz CT molecular complexity index is 512. The maximum Gasteiger partial charge on any atom is 0.239 e. The van der Waals surface area contributed by atoms with E-state index in [1.807, 2.05) is 18.7 Å². The van der Waals surface area contributed by atoms with Crippen LogP contribution in [0.15, 0.2) is 4.99 Å². The summed E-state index contributed by atoms with van der Waals surface area (Å²) < 4.78 is 23.2. The van der Waals surface area contributed by atoms with Crippen molar-refractivity contribution in [2.75, 3.05) is 32.4 Å². The van der Waals surface area contributed by atoms with E-state index in [2.05, 4.69) is 15.6 Å². The van der Waals surface area contributed by atoms with Crippen molar-refractivity contribution in [1.29, 1.82) is 0 Å². The van der Waals surface area contributed by atoms with E-state index in [9.17, 15) is 13.2 Å². The molecule has 0 saturated carbocycles. The lowest BCUT2D eigenvalue weighted by atomic mass is 10.2. The summed E-state index contributed by atoms with van der Waals surface area (Å²) in [6, 6.07) is 0.0837. The van der Waals surface area contributed by atoms with E-state index in [1.165, 1.54) is 0 Å². The lowest BCUT2D eigenvalue weighted by Gasteiger charge is -2.39. The fourth-order valence-corrected chi connectivity index (χ4v) is 3.55. The van der Waals surface area contributed by atoms with Crippen molar-refractivity contribution >= 4 is 21.7 Å². The van der Waals surface area contributed by atoms with Crippen molar-refractivity contribution in [3.8, 4) is 0 Å². The molecule has 0 aromatic carbocycles. The zero-order valence-corrected chi connectivity index (χ0v) is 14.2. The van der Waals surface area contributed by atoms with Crippen LogP contribution in [0.4, 0.5) is 0 Å². The highest BCUT2D eigenvalue weighted by molar-refractivity contribution is 7.92. The van der Waals surface area contributed by atoms with E-state index >= 15 is 0 Å². The van der Waals surface area contributed by atoms with E-state index in [1.54, 1.807) is 20.9 Å². The monoisotopic (exact) mass is 318 g/mol. The average molecular weight is 318 g/mol. The Morgan fingerprint density at radius 1 is 1.38 bits per heavy atom. The molecule has 122 valence electrons. The largest absolute Gasteiger partial charge is 0.352 e. The molecule has 0 bridgehead atoms. The van der Waals surface area contributed by atoms with Gasteiger partial charge in [-0.15, -0.1) is 0 Å². The first kappa shape index (κ1) is 17.7. The minimum absolute atomic E-state index is 0.0837. The Kier molecular flexibility index (Phi) is 5.61. The number of hydrogen-bond donors (Lipinski definition) is 2. The molecule has 0 spiro atoms. The number of hydrogen-bond acceptors (Lipinski definition) is 4. The van der Waals surface area contributed by atoms with Crippen LogP contribution >= 0.6 is 0 Å². The number of nitrogens with one attached hydrogen (secondary N) is 2. The minimum atomic E-state index is -3.09. The maximum atomic E-state index is 12.0. The standard InChI is InChI=1S/C13H26N4O3S/c1-10(2)16-11(18)8-15-12(14-5)17-6-7-21(19,20)13(3,4)9-17/h10H,6-9H2,1-5H3,(H,14,15)(H,16,18). The molecular weight excluding hydrogens is 292 g/mol. The smallest absolute Gasteiger partial charge is 0.239 e. The van der Waals surface area contributed by atoms with Gasteiger partial charge in [0.05, 0.1) is 17.0 Å². The Morgan fingerprint density at radius 2 is 2.00 bits per heavy atom. The molecule has 1 saturated heterocycles. The van der Waals surface area contributed by atoms with Gasteiger partial charge >= 0.3 is 0 Å². The van der Waals surface area contributed by atoms with Gasteiger partial charge in [-0.25, -0.2) is 8.42 Å². The molecule has 1 aliphatic rings. The Labute approximate surface area is 127 Å². The first-order chi connectivity index (χ1) is 9.59. The lowest BCUT2D eigenvalue weighted by molar-refractivity contribution is -0.120. The molecule has 1 rings (SSSR count). The van der Waals surface area contributed by atoms with Crippen molar-refractivity contribution in [3.63, 3.8) is 0 Å². The zero-order chi connectivity index (χ0) is 16.3. The summed E-state index contributed by atoms with van der Waals surface area (Å²) in [5.41, 5.74) is 0. The van der Waals surface area contributed by atoms with Crippen molar-refractivity contribution < 1.29 is 13.2 Å². The quantitative estimate of drug-likeness (QED) is 0.545. The Hall–Kier alpha value is -1.31. The van der Waals surface area contributed by atoms with Crippen LogP contribution < -0.4 is 10.6 Å². The molecule has 0 radical (unpaired) electrons. The molecule has 1 aliphatic heterocycles. The highest BCUT2D eigenvalue weighted by Gasteiger charge is 2.40. The molecule has 0 aliphatic carbocycles. The second-order valence-corrected chi connectivity index (χ2v) is 8.87. The van der Waals surface area contributed by atoms with Crippen molar-refractivity contribution in [3.05, 3.63) is 0 Å². The topological polar surface area (TPSA) is 90.9 Å². The van der Waals surface area contributed by atoms with Crippen molar-refractivity contribution in [1.82, 2.24) is 15.5 Å². The Balaban J connectivity index is 2.65. The van der Waals surface area contributed by atoms with Crippen LogP contribution in [0.2, 0.25) is 0 Å². The predicted molar refractivity (Wildman–Crippen MR) is 84.1 cm³/mol. The van der Waals surface area contributed by atoms with Gasteiger partial charge in [-0.1, -0.05) is 0 Å². The third kappa shape index (κ3) is 4.59. The number of rotatable bonds is 3. The van der Waals surface area contributed by atoms with Crippen LogP contribution in [0.1, 0.15) is 27.7 Å². The van der Waals surface area contributed by atoms with Gasteiger partial charge in [0.1, 0.15) is 0 Å². The number of nitrogens with zero attached hydrogens (tertiary/aromatic N) is 2. The predicted octanol–water partition coefficient (Wildman–Crippen LogP) is -0.405. The average Bonchev–Trinajstić information content (AvgIpc) is 2.33. The minimum Gasteiger partial charge on any atom is -0.352 e. The van der Waals surface area contributed by atoms with E-state index in [4.69, 9.17) is 0 Å². The second-order valence-electron chi connectivity index (χ2n) is 6.12. The molecule has 8 heteroatoms. The summed E-state index contributed by atoms with van der Waals surface area (Å²) >= 11 is 0. The first-order valence-electron chi connectivity index (χ1n) is 7.06. The second kappa shape index (κ2) is 6.64. The number of amides is 1. The van der Waals surface area contributed by atoms with Crippen molar-refractivity contribution in [2.24, 2.45) is 4.99 Å². The van der Waals surface area contributed by atoms with Gasteiger partial charge in [0.25, 0.3) is 0 Å². The van der Waals surface area contributed by atoms with Crippen molar-refractivity contribution in [2.45, 2.75) is 38.5 Å². The summed E-state index contributed by atoms with van der Waals surface area (Å²) in [6.45, 7) is 8.09. The normalized spacial score (nSPS) is 21.2. The van der Waals surface area contributed by atoms with Crippen LogP contribution in [0.25, 0.3) is 0 Å². The van der Waals surface area contributed by atoms with Crippen LogP contribution in [-0.2, 0) is 14.6 Å². The fraction of sp³-hybridized carbons (Fsp3) is 0.846. The molecule has 0 atom stereocenters. The molecule has 0 aromatic rings. The number of carbonyl (C=O) groups excluding carboxylic acids is 1. The third-order valence-corrected chi connectivity index (χ3v) is 5.94. The highest BCUT2D eigenvalue weighted by Crippen LogP contribution is 2.23. The molecule has 7 nitrogen and oxygen atoms in total. The summed E-state index contributed by atoms with van der Waals surface area (Å²) in [5.74, 6) is 0.533. The lowest BCUT2D eigenvalue weighted by Crippen LogP contribution is -2.58. The summed E-state index contributed by atoms with van der Waals surface area (Å²) in [7, 11) is -1.46. The number of carbonyl (C=O) groups is 1. The van der Waals surface area contributed by atoms with Gasteiger partial charge in [-0.05, 0) is 27.7 Å². The van der Waals surface area contributed by atoms with Gasteiger partial charge in [0, 0.05) is 26.2 Å².